The van der Waals surface area contributed by atoms with Crippen molar-refractivity contribution in [1.29, 1.82) is 0 Å². The summed E-state index contributed by atoms with van der Waals surface area (Å²) in [6.45, 7) is 0.316. The number of nitrogens with zero attached hydrogens (tertiary/aromatic N) is 1. The van der Waals surface area contributed by atoms with E-state index in [0.29, 0.717) is 29.4 Å². The molecule has 0 atom stereocenters. The lowest BCUT2D eigenvalue weighted by Crippen LogP contribution is -2.14. The van der Waals surface area contributed by atoms with E-state index in [9.17, 15) is 4.79 Å². The topological polar surface area (TPSA) is 90.7 Å². The lowest BCUT2D eigenvalue weighted by Gasteiger charge is -2.07. The van der Waals surface area contributed by atoms with Gasteiger partial charge in [-0.2, -0.15) is 0 Å². The molecule has 0 amide bonds. The Balaban J connectivity index is 2.01. The van der Waals surface area contributed by atoms with Crippen LogP contribution in [0.1, 0.15) is 22.3 Å². The Labute approximate surface area is 129 Å². The molecule has 0 aliphatic heterocycles. The molecule has 5 nitrogen and oxygen atoms in total. The maximum Gasteiger partial charge on any atom is 0.166 e. The third-order valence-corrected chi connectivity index (χ3v) is 3.25. The van der Waals surface area contributed by atoms with Gasteiger partial charge in [0.25, 0.3) is 0 Å². The number of nitrogens with two attached hydrogens (primary N) is 2. The van der Waals surface area contributed by atoms with Crippen molar-refractivity contribution in [3.05, 3.63) is 59.7 Å². The van der Waals surface area contributed by atoms with Crippen molar-refractivity contribution in [1.82, 2.24) is 0 Å². The Kier molecular flexibility index (Phi) is 5.14. The summed E-state index contributed by atoms with van der Waals surface area (Å²) in [6.07, 6.45) is 0.241. The molecule has 0 heterocycles. The zero-order chi connectivity index (χ0) is 15.9. The van der Waals surface area contributed by atoms with Gasteiger partial charge in [0.15, 0.2) is 5.78 Å². The number of hydrogen-bond acceptors (Lipinski definition) is 4. The second-order valence-corrected chi connectivity index (χ2v) is 4.76. The minimum Gasteiger partial charge on any atom is -0.497 e. The molecule has 114 valence electrons. The normalized spacial score (nSPS) is 11.2. The first-order valence-corrected chi connectivity index (χ1v) is 6.94. The molecule has 0 saturated carbocycles. The highest BCUT2D eigenvalue weighted by Crippen LogP contribution is 2.20. The van der Waals surface area contributed by atoms with Crippen molar-refractivity contribution in [2.75, 3.05) is 19.4 Å². The molecule has 0 fully saturated rings. The molecule has 5 heteroatoms. The molecule has 0 spiro atoms. The fourth-order valence-corrected chi connectivity index (χ4v) is 2.02. The molecule has 0 bridgehead atoms. The number of methoxy groups -OCH3 is 1. The maximum atomic E-state index is 12.2. The number of ketones is 1. The van der Waals surface area contributed by atoms with Gasteiger partial charge in [-0.25, -0.2) is 0 Å². The van der Waals surface area contributed by atoms with Crippen LogP contribution in [0.25, 0.3) is 0 Å². The fourth-order valence-electron chi connectivity index (χ4n) is 2.02. The summed E-state index contributed by atoms with van der Waals surface area (Å²) >= 11 is 0. The molecule has 0 radical (unpaired) electrons. The Morgan fingerprint density at radius 1 is 1.18 bits per heavy atom. The second kappa shape index (κ2) is 7.26. The quantitative estimate of drug-likeness (QED) is 0.370. The van der Waals surface area contributed by atoms with E-state index in [1.807, 2.05) is 30.3 Å². The van der Waals surface area contributed by atoms with Crippen LogP contribution in [0.2, 0.25) is 0 Å². The maximum absolute atomic E-state index is 12.2. The summed E-state index contributed by atoms with van der Waals surface area (Å²) in [6, 6.07) is 14.5. The second-order valence-electron chi connectivity index (χ2n) is 4.76. The molecule has 2 aromatic rings. The van der Waals surface area contributed by atoms with E-state index >= 15 is 0 Å². The number of amidine groups is 1. The van der Waals surface area contributed by atoms with E-state index in [1.165, 1.54) is 0 Å². The van der Waals surface area contributed by atoms with Gasteiger partial charge in [-0.1, -0.05) is 30.3 Å². The number of carbonyl (C=O) groups excluding carboxylic acids is 1. The van der Waals surface area contributed by atoms with Crippen LogP contribution in [0.5, 0.6) is 5.75 Å². The monoisotopic (exact) mass is 297 g/mol. The minimum absolute atomic E-state index is 0.0824. The van der Waals surface area contributed by atoms with E-state index in [-0.39, 0.29) is 12.2 Å². The largest absolute Gasteiger partial charge is 0.497 e. The number of rotatable bonds is 6. The predicted octanol–water partition coefficient (Wildman–Crippen LogP) is 2.26. The van der Waals surface area contributed by atoms with E-state index in [0.717, 1.165) is 5.56 Å². The highest BCUT2D eigenvalue weighted by atomic mass is 16.5. The predicted molar refractivity (Wildman–Crippen MR) is 88.4 cm³/mol. The van der Waals surface area contributed by atoms with Crippen LogP contribution in [0.3, 0.4) is 0 Å². The van der Waals surface area contributed by atoms with E-state index in [1.54, 1.807) is 25.3 Å². The molecule has 2 rings (SSSR count). The Morgan fingerprint density at radius 3 is 2.59 bits per heavy atom. The van der Waals surface area contributed by atoms with Gasteiger partial charge in [-0.3, -0.25) is 9.79 Å². The van der Waals surface area contributed by atoms with Gasteiger partial charge >= 0.3 is 0 Å². The first kappa shape index (κ1) is 15.6. The van der Waals surface area contributed by atoms with E-state index in [2.05, 4.69) is 4.99 Å². The summed E-state index contributed by atoms with van der Waals surface area (Å²) in [4.78, 5) is 16.4. The number of Topliss-reactive ketones (excluding diaryl/α,β-unsaturated/α-hetero) is 1. The van der Waals surface area contributed by atoms with Crippen molar-refractivity contribution in [3.8, 4) is 5.75 Å². The lowest BCUT2D eigenvalue weighted by molar-refractivity contribution is 0.0986. The van der Waals surface area contributed by atoms with Gasteiger partial charge in [-0.05, 0) is 18.2 Å². The average molecular weight is 297 g/mol. The number of ether oxygens (including phenoxy) is 1. The van der Waals surface area contributed by atoms with Crippen molar-refractivity contribution in [2.24, 2.45) is 10.7 Å². The van der Waals surface area contributed by atoms with Gasteiger partial charge in [0.05, 0.1) is 7.11 Å². The van der Waals surface area contributed by atoms with E-state index in [4.69, 9.17) is 16.2 Å². The van der Waals surface area contributed by atoms with Gasteiger partial charge in [-0.15, -0.1) is 0 Å². The van der Waals surface area contributed by atoms with Gasteiger partial charge in [0.1, 0.15) is 11.6 Å². The molecule has 0 aliphatic carbocycles. The molecule has 0 unspecified atom stereocenters. The van der Waals surface area contributed by atoms with Gasteiger partial charge in [0.2, 0.25) is 0 Å². The summed E-state index contributed by atoms with van der Waals surface area (Å²) in [5, 5.41) is 0. The zero-order valence-corrected chi connectivity index (χ0v) is 12.5. The number of carbonyl (C=O) groups is 1. The molecule has 0 aromatic heterocycles. The fraction of sp³-hybridized carbons (Fsp3) is 0.176. The lowest BCUT2D eigenvalue weighted by atomic mass is 10.1. The molecule has 4 N–H and O–H groups in total. The number of anilines is 1. The molecule has 0 saturated heterocycles. The molecule has 0 aliphatic rings. The van der Waals surface area contributed by atoms with Crippen molar-refractivity contribution in [3.63, 3.8) is 0 Å². The Morgan fingerprint density at radius 2 is 1.91 bits per heavy atom. The van der Waals surface area contributed by atoms with Crippen LogP contribution < -0.4 is 16.2 Å². The Hall–Kier alpha value is -2.82. The SMILES string of the molecule is COc1ccc(N)c(C(=O)CCN=C(N)c2ccccc2)c1. The van der Waals surface area contributed by atoms with Crippen molar-refractivity contribution in [2.45, 2.75) is 6.42 Å². The highest BCUT2D eigenvalue weighted by molar-refractivity contribution is 6.01. The summed E-state index contributed by atoms with van der Waals surface area (Å²) < 4.78 is 5.11. The summed E-state index contributed by atoms with van der Waals surface area (Å²) in [5.74, 6) is 0.942. The van der Waals surface area contributed by atoms with Crippen LogP contribution in [0, 0.1) is 0 Å². The van der Waals surface area contributed by atoms with Crippen LogP contribution >= 0.6 is 0 Å². The highest BCUT2D eigenvalue weighted by Gasteiger charge is 2.10. The number of aliphatic imine (C=N–C) groups is 1. The van der Waals surface area contributed by atoms with Crippen LogP contribution in [-0.2, 0) is 0 Å². The molecular weight excluding hydrogens is 278 g/mol. The van der Waals surface area contributed by atoms with Gasteiger partial charge in [0, 0.05) is 29.8 Å². The smallest absolute Gasteiger partial charge is 0.166 e. The zero-order valence-electron chi connectivity index (χ0n) is 12.5. The number of nitrogen functional groups attached to an aromatic ring is 1. The van der Waals surface area contributed by atoms with Crippen LogP contribution in [0.4, 0.5) is 5.69 Å². The first-order chi connectivity index (χ1) is 10.6. The molecular formula is C17H19N3O2. The van der Waals surface area contributed by atoms with Crippen LogP contribution in [0.15, 0.2) is 53.5 Å². The van der Waals surface area contributed by atoms with Crippen molar-refractivity contribution >= 4 is 17.3 Å². The molecule has 22 heavy (non-hydrogen) atoms. The third kappa shape index (κ3) is 3.85. The summed E-state index contributed by atoms with van der Waals surface area (Å²) in [7, 11) is 1.55. The first-order valence-electron chi connectivity index (χ1n) is 6.94. The standard InChI is InChI=1S/C17H19N3O2/c1-22-13-7-8-15(18)14(11-13)16(21)9-10-20-17(19)12-5-3-2-4-6-12/h2-8,11H,9-10,18H2,1H3,(H2,19,20). The van der Waals surface area contributed by atoms with Gasteiger partial charge < -0.3 is 16.2 Å². The minimum atomic E-state index is -0.0824. The van der Waals surface area contributed by atoms with Crippen molar-refractivity contribution < 1.29 is 9.53 Å². The average Bonchev–Trinajstić information content (AvgIpc) is 2.55. The Bertz CT molecular complexity index is 682. The number of hydrogen-bond donors (Lipinski definition) is 2. The number of benzene rings is 2. The third-order valence-electron chi connectivity index (χ3n) is 3.25. The molecule has 2 aromatic carbocycles. The van der Waals surface area contributed by atoms with E-state index < -0.39 is 0 Å². The summed E-state index contributed by atoms with van der Waals surface area (Å²) in [5.41, 5.74) is 13.5. The van der Waals surface area contributed by atoms with Crippen LogP contribution in [-0.4, -0.2) is 25.3 Å².